The van der Waals surface area contributed by atoms with Gasteiger partial charge in [0, 0.05) is 35.0 Å². The predicted octanol–water partition coefficient (Wildman–Crippen LogP) is 5.11. The summed E-state index contributed by atoms with van der Waals surface area (Å²) >= 11 is 6.16. The third-order valence-electron chi connectivity index (χ3n) is 6.09. The van der Waals surface area contributed by atoms with Crippen molar-refractivity contribution in [3.8, 4) is 5.75 Å². The van der Waals surface area contributed by atoms with Crippen LogP contribution in [0.2, 0.25) is 5.02 Å². The number of piperidine rings is 1. The largest absolute Gasteiger partial charge is 0.487 e. The van der Waals surface area contributed by atoms with Crippen molar-refractivity contribution in [3.05, 3.63) is 64.4 Å². The molecule has 1 amide bonds. The SMILES string of the molecule is CC1(C)C[C@H](NC(=O)C2CCN(Cc3c(F)cccc3Cl)CC2)c2ccccc2O1. The number of ether oxygens (including phenoxy) is 1. The van der Waals surface area contributed by atoms with Crippen LogP contribution in [0.1, 0.15) is 50.3 Å². The van der Waals surface area contributed by atoms with Gasteiger partial charge in [-0.3, -0.25) is 9.69 Å². The summed E-state index contributed by atoms with van der Waals surface area (Å²) < 4.78 is 20.1. The molecular formula is C24H28ClFN2O2. The van der Waals surface area contributed by atoms with Gasteiger partial charge in [-0.05, 0) is 58.0 Å². The Morgan fingerprint density at radius 2 is 1.93 bits per heavy atom. The lowest BCUT2D eigenvalue weighted by Crippen LogP contribution is -2.45. The van der Waals surface area contributed by atoms with Crippen molar-refractivity contribution in [1.29, 1.82) is 0 Å². The van der Waals surface area contributed by atoms with Gasteiger partial charge in [0.1, 0.15) is 17.2 Å². The number of nitrogens with zero attached hydrogens (tertiary/aromatic N) is 1. The number of likely N-dealkylation sites (tertiary alicyclic amines) is 1. The van der Waals surface area contributed by atoms with Gasteiger partial charge in [0.25, 0.3) is 0 Å². The molecule has 1 atom stereocenters. The molecule has 2 aromatic carbocycles. The van der Waals surface area contributed by atoms with Crippen LogP contribution in [0.3, 0.4) is 0 Å². The first-order chi connectivity index (χ1) is 14.3. The molecule has 0 aliphatic carbocycles. The lowest BCUT2D eigenvalue weighted by molar-refractivity contribution is -0.127. The molecule has 160 valence electrons. The lowest BCUT2D eigenvalue weighted by Gasteiger charge is -2.39. The number of benzene rings is 2. The minimum atomic E-state index is -0.325. The highest BCUT2D eigenvalue weighted by atomic mass is 35.5. The molecule has 0 spiro atoms. The molecule has 30 heavy (non-hydrogen) atoms. The summed E-state index contributed by atoms with van der Waals surface area (Å²) in [6.45, 7) is 6.07. The number of amides is 1. The summed E-state index contributed by atoms with van der Waals surface area (Å²) in [5.74, 6) is 0.630. The maximum absolute atomic E-state index is 14.1. The Labute approximate surface area is 182 Å². The van der Waals surface area contributed by atoms with Crippen LogP contribution in [0.15, 0.2) is 42.5 Å². The van der Waals surface area contributed by atoms with Crippen molar-refractivity contribution in [1.82, 2.24) is 10.2 Å². The fourth-order valence-electron chi connectivity index (χ4n) is 4.48. The Morgan fingerprint density at radius 3 is 2.67 bits per heavy atom. The van der Waals surface area contributed by atoms with Gasteiger partial charge in [0.05, 0.1) is 6.04 Å². The number of fused-ring (bicyclic) bond motifs is 1. The fraction of sp³-hybridized carbons (Fsp3) is 0.458. The van der Waals surface area contributed by atoms with E-state index in [4.69, 9.17) is 16.3 Å². The number of hydrogen-bond donors (Lipinski definition) is 1. The van der Waals surface area contributed by atoms with Gasteiger partial charge in [-0.2, -0.15) is 0 Å². The fourth-order valence-corrected chi connectivity index (χ4v) is 4.70. The van der Waals surface area contributed by atoms with E-state index in [0.29, 0.717) is 17.1 Å². The second kappa shape index (κ2) is 8.56. The summed E-state index contributed by atoms with van der Waals surface area (Å²) in [4.78, 5) is 15.2. The molecule has 2 aliphatic rings. The molecule has 0 aromatic heterocycles. The molecule has 0 bridgehead atoms. The van der Waals surface area contributed by atoms with Crippen molar-refractivity contribution in [2.45, 2.75) is 51.3 Å². The van der Waals surface area contributed by atoms with Gasteiger partial charge < -0.3 is 10.1 Å². The average Bonchev–Trinajstić information content (AvgIpc) is 2.70. The van der Waals surface area contributed by atoms with E-state index in [1.165, 1.54) is 6.07 Å². The van der Waals surface area contributed by atoms with Crippen molar-refractivity contribution in [2.24, 2.45) is 5.92 Å². The zero-order chi connectivity index (χ0) is 21.3. The molecular weight excluding hydrogens is 403 g/mol. The Balaban J connectivity index is 1.36. The molecule has 1 N–H and O–H groups in total. The Bertz CT molecular complexity index is 905. The van der Waals surface area contributed by atoms with Gasteiger partial charge in [-0.25, -0.2) is 4.39 Å². The van der Waals surface area contributed by atoms with Gasteiger partial charge in [0.2, 0.25) is 5.91 Å². The van der Waals surface area contributed by atoms with Crippen molar-refractivity contribution in [2.75, 3.05) is 13.1 Å². The van der Waals surface area contributed by atoms with Crippen molar-refractivity contribution in [3.63, 3.8) is 0 Å². The summed E-state index contributed by atoms with van der Waals surface area (Å²) in [6.07, 6.45) is 2.25. The van der Waals surface area contributed by atoms with E-state index in [0.717, 1.165) is 43.7 Å². The van der Waals surface area contributed by atoms with Gasteiger partial charge in [0.15, 0.2) is 0 Å². The monoisotopic (exact) mass is 430 g/mol. The second-order valence-electron chi connectivity index (χ2n) is 8.92. The normalized spacial score (nSPS) is 21.5. The van der Waals surface area contributed by atoms with E-state index in [2.05, 4.69) is 24.1 Å². The topological polar surface area (TPSA) is 41.6 Å². The standard InChI is InChI=1S/C24H28ClFN2O2/c1-24(2)14-21(17-6-3-4-9-22(17)30-24)27-23(29)16-10-12-28(13-11-16)15-18-19(25)7-5-8-20(18)26/h3-9,16,21H,10-15H2,1-2H3,(H,27,29)/t21-/m0/s1. The maximum Gasteiger partial charge on any atom is 0.223 e. The minimum absolute atomic E-state index is 0.0320. The van der Waals surface area contributed by atoms with E-state index >= 15 is 0 Å². The molecule has 0 unspecified atom stereocenters. The van der Waals surface area contributed by atoms with E-state index in [-0.39, 0.29) is 29.3 Å². The molecule has 4 rings (SSSR count). The second-order valence-corrected chi connectivity index (χ2v) is 9.32. The number of carbonyl (C=O) groups excluding carboxylic acids is 1. The first kappa shape index (κ1) is 21.1. The van der Waals surface area contributed by atoms with Crippen molar-refractivity contribution < 1.29 is 13.9 Å². The molecule has 2 heterocycles. The molecule has 1 fully saturated rings. The first-order valence-corrected chi connectivity index (χ1v) is 10.9. The average molecular weight is 431 g/mol. The highest BCUT2D eigenvalue weighted by molar-refractivity contribution is 6.31. The number of hydrogen-bond acceptors (Lipinski definition) is 3. The molecule has 0 saturated carbocycles. The Hall–Kier alpha value is -2.11. The van der Waals surface area contributed by atoms with Crippen molar-refractivity contribution >= 4 is 17.5 Å². The van der Waals surface area contributed by atoms with Gasteiger partial charge in [-0.15, -0.1) is 0 Å². The zero-order valence-electron chi connectivity index (χ0n) is 17.5. The van der Waals surface area contributed by atoms with Crippen LogP contribution >= 0.6 is 11.6 Å². The van der Waals surface area contributed by atoms with E-state index < -0.39 is 0 Å². The highest BCUT2D eigenvalue weighted by Gasteiger charge is 2.36. The van der Waals surface area contributed by atoms with E-state index in [1.54, 1.807) is 12.1 Å². The maximum atomic E-state index is 14.1. The summed E-state index contributed by atoms with van der Waals surface area (Å²) in [6, 6.07) is 12.6. The molecule has 1 saturated heterocycles. The Kier molecular flexibility index (Phi) is 6.03. The van der Waals surface area contributed by atoms with Crippen LogP contribution in [-0.2, 0) is 11.3 Å². The van der Waals surface area contributed by atoms with Crippen LogP contribution in [0.5, 0.6) is 5.75 Å². The molecule has 2 aromatic rings. The molecule has 6 heteroatoms. The molecule has 4 nitrogen and oxygen atoms in total. The summed E-state index contributed by atoms with van der Waals surface area (Å²) in [5, 5.41) is 3.72. The highest BCUT2D eigenvalue weighted by Crippen LogP contribution is 2.39. The number of nitrogens with one attached hydrogen (secondary N) is 1. The van der Waals surface area contributed by atoms with Gasteiger partial charge in [-0.1, -0.05) is 35.9 Å². The third kappa shape index (κ3) is 4.62. The zero-order valence-corrected chi connectivity index (χ0v) is 18.2. The van der Waals surface area contributed by atoms with E-state index in [9.17, 15) is 9.18 Å². The molecule has 0 radical (unpaired) electrons. The smallest absolute Gasteiger partial charge is 0.223 e. The quantitative estimate of drug-likeness (QED) is 0.732. The van der Waals surface area contributed by atoms with E-state index in [1.807, 2.05) is 24.3 Å². The van der Waals surface area contributed by atoms with Crippen LogP contribution in [0.25, 0.3) is 0 Å². The van der Waals surface area contributed by atoms with Crippen LogP contribution in [0.4, 0.5) is 4.39 Å². The number of rotatable bonds is 4. The van der Waals surface area contributed by atoms with Crippen LogP contribution < -0.4 is 10.1 Å². The predicted molar refractivity (Wildman–Crippen MR) is 116 cm³/mol. The number of halogens is 2. The van der Waals surface area contributed by atoms with Crippen LogP contribution in [0, 0.1) is 11.7 Å². The minimum Gasteiger partial charge on any atom is -0.487 e. The number of carbonyl (C=O) groups is 1. The van der Waals surface area contributed by atoms with Crippen LogP contribution in [-0.4, -0.2) is 29.5 Å². The Morgan fingerprint density at radius 1 is 1.20 bits per heavy atom. The van der Waals surface area contributed by atoms with Gasteiger partial charge >= 0.3 is 0 Å². The summed E-state index contributed by atoms with van der Waals surface area (Å²) in [5.41, 5.74) is 1.24. The summed E-state index contributed by atoms with van der Waals surface area (Å²) in [7, 11) is 0. The number of para-hydroxylation sites is 1. The lowest BCUT2D eigenvalue weighted by atomic mass is 9.88. The molecule has 2 aliphatic heterocycles. The third-order valence-corrected chi connectivity index (χ3v) is 6.45. The first-order valence-electron chi connectivity index (χ1n) is 10.6.